The summed E-state index contributed by atoms with van der Waals surface area (Å²) in [6.45, 7) is 1.77. The van der Waals surface area contributed by atoms with Crippen molar-refractivity contribution in [1.29, 1.82) is 0 Å². The van der Waals surface area contributed by atoms with E-state index in [2.05, 4.69) is 33.2 Å². The summed E-state index contributed by atoms with van der Waals surface area (Å²) in [7, 11) is 3.87. The molecule has 2 heterocycles. The Labute approximate surface area is 213 Å². The van der Waals surface area contributed by atoms with Crippen LogP contribution in [0.3, 0.4) is 0 Å². The molecule has 0 spiro atoms. The largest absolute Gasteiger partial charge is 0.486 e. The topological polar surface area (TPSA) is 88.6 Å². The molecule has 8 nitrogen and oxygen atoms in total. The predicted octanol–water partition coefficient (Wildman–Crippen LogP) is 4.52. The summed E-state index contributed by atoms with van der Waals surface area (Å²) in [6.07, 6.45) is 2.30. The number of carbonyl (C=O) groups is 1. The number of fused-ring (bicyclic) bond motifs is 1. The van der Waals surface area contributed by atoms with Crippen LogP contribution in [0, 0.1) is 5.82 Å². The highest BCUT2D eigenvalue weighted by molar-refractivity contribution is 7.81. The van der Waals surface area contributed by atoms with Gasteiger partial charge >= 0.3 is 0 Å². The predicted molar refractivity (Wildman–Crippen MR) is 139 cm³/mol. The number of hydrogen-bond acceptors (Lipinski definition) is 8. The first-order valence-electron chi connectivity index (χ1n) is 11.2. The maximum Gasteiger partial charge on any atom is 0.225 e. The first-order chi connectivity index (χ1) is 16.8. The summed E-state index contributed by atoms with van der Waals surface area (Å²) in [6, 6.07) is 7.85. The van der Waals surface area contributed by atoms with Gasteiger partial charge in [0.15, 0.2) is 0 Å². The summed E-state index contributed by atoms with van der Waals surface area (Å²) >= 11 is 10.4. The third-order valence-electron chi connectivity index (χ3n) is 5.37. The van der Waals surface area contributed by atoms with E-state index in [-0.39, 0.29) is 28.7 Å². The molecule has 1 amide bonds. The van der Waals surface area contributed by atoms with E-state index < -0.39 is 5.82 Å². The molecule has 0 aliphatic carbocycles. The number of thiol groups is 1. The second kappa shape index (κ2) is 11.4. The van der Waals surface area contributed by atoms with Gasteiger partial charge in [0, 0.05) is 41.8 Å². The van der Waals surface area contributed by atoms with E-state index in [1.54, 1.807) is 18.2 Å². The van der Waals surface area contributed by atoms with Crippen LogP contribution >= 0.6 is 24.2 Å². The summed E-state index contributed by atoms with van der Waals surface area (Å²) in [5, 5.41) is 6.63. The van der Waals surface area contributed by atoms with Crippen LogP contribution in [-0.2, 0) is 9.53 Å². The molecule has 0 bridgehead atoms. The summed E-state index contributed by atoms with van der Waals surface area (Å²) in [5.74, 6) is 0.280. The van der Waals surface area contributed by atoms with Crippen molar-refractivity contribution in [1.82, 2.24) is 14.9 Å². The smallest absolute Gasteiger partial charge is 0.225 e. The Hall–Kier alpha value is -2.66. The van der Waals surface area contributed by atoms with E-state index >= 15 is 0 Å². The molecule has 0 saturated carbocycles. The Morgan fingerprint density at radius 3 is 2.89 bits per heavy atom. The standard InChI is InChI=1S/C24H27ClFN5O3S/c1-31(2)11-16(35)8-23(32)30-21-9-17-20(10-22(21)34-15-5-6-33-12-15)27-13-28-24(17)29-14-3-4-19(26)18(25)7-14/h3-4,7,9-10,13,15-16,35H,5-6,8,11-12H2,1-2H3,(H,30,32)(H,27,28,29)/t15-,16-/m0/s1. The number of benzene rings is 2. The first-order valence-corrected chi connectivity index (χ1v) is 12.1. The zero-order valence-electron chi connectivity index (χ0n) is 19.4. The second-order valence-corrected chi connectivity index (χ2v) is 9.75. The lowest BCUT2D eigenvalue weighted by Crippen LogP contribution is -2.26. The Bertz CT molecular complexity index is 1210. The van der Waals surface area contributed by atoms with Gasteiger partial charge in [-0.1, -0.05) is 11.6 Å². The Morgan fingerprint density at radius 1 is 1.34 bits per heavy atom. The van der Waals surface area contributed by atoms with Crippen molar-refractivity contribution in [2.24, 2.45) is 0 Å². The minimum absolute atomic E-state index is 0.00480. The third-order valence-corrected chi connectivity index (χ3v) is 6.01. The van der Waals surface area contributed by atoms with Gasteiger partial charge in [0.2, 0.25) is 5.91 Å². The van der Waals surface area contributed by atoms with Crippen LogP contribution in [0.1, 0.15) is 12.8 Å². The van der Waals surface area contributed by atoms with Crippen molar-refractivity contribution in [3.63, 3.8) is 0 Å². The van der Waals surface area contributed by atoms with E-state index in [4.69, 9.17) is 21.1 Å². The van der Waals surface area contributed by atoms with Crippen molar-refractivity contribution in [2.45, 2.75) is 24.2 Å². The third kappa shape index (κ3) is 6.72. The van der Waals surface area contributed by atoms with Crippen LogP contribution < -0.4 is 15.4 Å². The number of nitrogens with one attached hydrogen (secondary N) is 2. The van der Waals surface area contributed by atoms with E-state index in [0.29, 0.717) is 53.6 Å². The number of carbonyl (C=O) groups excluding carboxylic acids is 1. The number of halogens is 2. The zero-order chi connectivity index (χ0) is 24.9. The highest BCUT2D eigenvalue weighted by Gasteiger charge is 2.21. The van der Waals surface area contributed by atoms with Gasteiger partial charge in [0.1, 0.15) is 29.8 Å². The molecule has 1 aliphatic heterocycles. The fraction of sp³-hybridized carbons (Fsp3) is 0.375. The van der Waals surface area contributed by atoms with Crippen LogP contribution in [-0.4, -0.2) is 66.0 Å². The monoisotopic (exact) mass is 519 g/mol. The maximum absolute atomic E-state index is 13.6. The number of nitrogens with zero attached hydrogens (tertiary/aromatic N) is 3. The lowest BCUT2D eigenvalue weighted by molar-refractivity contribution is -0.116. The van der Waals surface area contributed by atoms with Crippen LogP contribution in [0.15, 0.2) is 36.7 Å². The van der Waals surface area contributed by atoms with Crippen molar-refractivity contribution in [3.8, 4) is 5.75 Å². The molecule has 2 aromatic carbocycles. The molecule has 1 aromatic heterocycles. The molecular weight excluding hydrogens is 493 g/mol. The van der Waals surface area contributed by atoms with Gasteiger partial charge in [-0.3, -0.25) is 4.79 Å². The van der Waals surface area contributed by atoms with Gasteiger partial charge in [-0.25, -0.2) is 14.4 Å². The average Bonchev–Trinajstić information content (AvgIpc) is 3.29. The fourth-order valence-electron chi connectivity index (χ4n) is 3.78. The van der Waals surface area contributed by atoms with Gasteiger partial charge in [0.05, 0.1) is 29.4 Å². The van der Waals surface area contributed by atoms with Crippen LogP contribution in [0.5, 0.6) is 5.75 Å². The normalized spacial score (nSPS) is 16.5. The van der Waals surface area contributed by atoms with E-state index in [1.807, 2.05) is 19.0 Å². The Balaban J connectivity index is 1.66. The lowest BCUT2D eigenvalue weighted by Gasteiger charge is -2.19. The molecule has 186 valence electrons. The van der Waals surface area contributed by atoms with Gasteiger partial charge in [-0.15, -0.1) is 0 Å². The molecule has 11 heteroatoms. The minimum Gasteiger partial charge on any atom is -0.486 e. The molecule has 1 saturated heterocycles. The van der Waals surface area contributed by atoms with Crippen molar-refractivity contribution < 1.29 is 18.7 Å². The molecular formula is C24H27ClFN5O3S. The highest BCUT2D eigenvalue weighted by atomic mass is 35.5. The van der Waals surface area contributed by atoms with Crippen molar-refractivity contribution in [3.05, 3.63) is 47.5 Å². The summed E-state index contributed by atoms with van der Waals surface area (Å²) in [5.41, 5.74) is 1.67. The zero-order valence-corrected chi connectivity index (χ0v) is 21.1. The minimum atomic E-state index is -0.510. The van der Waals surface area contributed by atoms with Crippen LogP contribution in [0.25, 0.3) is 10.9 Å². The fourth-order valence-corrected chi connectivity index (χ4v) is 4.45. The maximum atomic E-state index is 13.6. The number of amides is 1. The molecule has 2 atom stereocenters. The number of anilines is 3. The number of aromatic nitrogens is 2. The van der Waals surface area contributed by atoms with E-state index in [1.165, 1.54) is 18.5 Å². The number of hydrogen-bond donors (Lipinski definition) is 3. The Kier molecular flexibility index (Phi) is 8.27. The molecule has 1 aliphatic rings. The molecule has 4 rings (SSSR count). The molecule has 35 heavy (non-hydrogen) atoms. The molecule has 2 N–H and O–H groups in total. The highest BCUT2D eigenvalue weighted by Crippen LogP contribution is 2.35. The van der Waals surface area contributed by atoms with E-state index in [0.717, 1.165) is 6.42 Å². The van der Waals surface area contributed by atoms with Gasteiger partial charge in [-0.05, 0) is 38.4 Å². The first kappa shape index (κ1) is 25.4. The number of rotatable bonds is 9. The molecule has 0 unspecified atom stereocenters. The molecule has 3 aromatic rings. The average molecular weight is 520 g/mol. The Morgan fingerprint density at radius 2 is 2.17 bits per heavy atom. The number of ether oxygens (including phenoxy) is 2. The SMILES string of the molecule is CN(C)C[C@@H](S)CC(=O)Nc1cc2c(Nc3ccc(F)c(Cl)c3)ncnc2cc1O[C@H]1CCOC1. The van der Waals surface area contributed by atoms with Gasteiger partial charge in [0.25, 0.3) is 0 Å². The summed E-state index contributed by atoms with van der Waals surface area (Å²) < 4.78 is 25.2. The second-order valence-electron chi connectivity index (χ2n) is 8.61. The molecule has 1 fully saturated rings. The quantitative estimate of drug-likeness (QED) is 0.358. The lowest BCUT2D eigenvalue weighted by atomic mass is 10.1. The van der Waals surface area contributed by atoms with Crippen molar-refractivity contribution in [2.75, 3.05) is 44.5 Å². The van der Waals surface area contributed by atoms with Crippen LogP contribution in [0.4, 0.5) is 21.6 Å². The van der Waals surface area contributed by atoms with E-state index in [9.17, 15) is 9.18 Å². The van der Waals surface area contributed by atoms with Crippen LogP contribution in [0.2, 0.25) is 5.02 Å². The molecule has 0 radical (unpaired) electrons. The van der Waals surface area contributed by atoms with Crippen molar-refractivity contribution >= 4 is 58.2 Å². The summed E-state index contributed by atoms with van der Waals surface area (Å²) in [4.78, 5) is 23.5. The van der Waals surface area contributed by atoms with Gasteiger partial charge < -0.3 is 25.0 Å². The van der Waals surface area contributed by atoms with Gasteiger partial charge in [-0.2, -0.15) is 12.6 Å².